The number of carbonyl (C=O) groups is 2. The lowest BCUT2D eigenvalue weighted by molar-refractivity contribution is -0.140. The van der Waals surface area contributed by atoms with Crippen LogP contribution in [0, 0.1) is 0 Å². The minimum absolute atomic E-state index is 0.00455. The van der Waals surface area contributed by atoms with E-state index in [4.69, 9.17) is 49.0 Å². The zero-order valence-corrected chi connectivity index (χ0v) is 28.0. The van der Waals surface area contributed by atoms with Crippen LogP contribution in [0.4, 0.5) is 5.69 Å². The van der Waals surface area contributed by atoms with Crippen LogP contribution in [0.5, 0.6) is 17.2 Å². The second kappa shape index (κ2) is 15.6. The third kappa shape index (κ3) is 7.82. The topological polar surface area (TPSA) is 114 Å². The van der Waals surface area contributed by atoms with Gasteiger partial charge in [-0.2, -0.15) is 0 Å². The fourth-order valence-corrected chi connectivity index (χ4v) is 6.66. The van der Waals surface area contributed by atoms with Crippen LogP contribution < -0.4 is 23.8 Å². The molecule has 0 aromatic heterocycles. The number of halogens is 3. The maximum Gasteiger partial charge on any atom is 0.265 e. The minimum atomic E-state index is -4.48. The second-order valence-electron chi connectivity index (χ2n) is 9.39. The van der Waals surface area contributed by atoms with Gasteiger partial charge < -0.3 is 24.4 Å². The van der Waals surface area contributed by atoms with Gasteiger partial charge in [-0.05, 0) is 55.8 Å². The molecular weight excluding hydrogens is 653 g/mol. The van der Waals surface area contributed by atoms with E-state index in [1.54, 1.807) is 32.0 Å². The summed E-state index contributed by atoms with van der Waals surface area (Å²) in [6.07, 6.45) is 0.225. The van der Waals surface area contributed by atoms with E-state index in [1.165, 1.54) is 62.6 Å². The molecule has 3 aromatic rings. The van der Waals surface area contributed by atoms with E-state index < -0.39 is 34.4 Å². The van der Waals surface area contributed by atoms with Gasteiger partial charge in [-0.1, -0.05) is 47.8 Å². The molecule has 0 saturated carbocycles. The number of carbonyl (C=O) groups excluding carboxylic acids is 2. The number of methoxy groups -OCH3 is 3. The normalized spacial score (nSPS) is 11.8. The number of likely N-dealkylation sites (N-methyl/N-ethyl adjacent to an activating group) is 1. The Hall–Kier alpha value is -3.38. The Kier molecular flexibility index (Phi) is 12.4. The Bertz CT molecular complexity index is 1580. The lowest BCUT2D eigenvalue weighted by atomic mass is 10.1. The van der Waals surface area contributed by atoms with Crippen molar-refractivity contribution in [2.24, 2.45) is 0 Å². The highest BCUT2D eigenvalue weighted by atomic mass is 35.5. The number of hydrogen-bond acceptors (Lipinski definition) is 7. The number of amides is 2. The molecule has 0 bridgehead atoms. The third-order valence-electron chi connectivity index (χ3n) is 6.76. The van der Waals surface area contributed by atoms with Crippen molar-refractivity contribution in [3.05, 3.63) is 75.2 Å². The van der Waals surface area contributed by atoms with Crippen LogP contribution in [0.15, 0.2) is 59.5 Å². The number of ether oxygens (including phenoxy) is 3. The van der Waals surface area contributed by atoms with Crippen LogP contribution in [-0.2, 0) is 26.2 Å². The highest BCUT2D eigenvalue weighted by Gasteiger charge is 2.35. The highest BCUT2D eigenvalue weighted by Crippen LogP contribution is 2.37. The first-order valence-electron chi connectivity index (χ1n) is 13.5. The molecule has 10 nitrogen and oxygen atoms in total. The number of sulfonamides is 1. The Morgan fingerprint density at radius 2 is 1.48 bits per heavy atom. The van der Waals surface area contributed by atoms with Crippen molar-refractivity contribution in [3.8, 4) is 17.2 Å². The molecule has 0 aliphatic carbocycles. The molecule has 0 radical (unpaired) electrons. The first-order valence-corrected chi connectivity index (χ1v) is 16.1. The maximum atomic E-state index is 14.3. The summed E-state index contributed by atoms with van der Waals surface area (Å²) in [5.74, 6) is -0.505. The van der Waals surface area contributed by atoms with Gasteiger partial charge in [0.15, 0.2) is 11.5 Å². The van der Waals surface area contributed by atoms with E-state index in [2.05, 4.69) is 5.32 Å². The van der Waals surface area contributed by atoms with Gasteiger partial charge in [0, 0.05) is 39.8 Å². The average Bonchev–Trinajstić information content (AvgIpc) is 3.00. The van der Waals surface area contributed by atoms with E-state index in [-0.39, 0.29) is 50.1 Å². The predicted octanol–water partition coefficient (Wildman–Crippen LogP) is 5.81. The molecule has 44 heavy (non-hydrogen) atoms. The number of benzene rings is 3. The number of anilines is 1. The van der Waals surface area contributed by atoms with Crippen molar-refractivity contribution in [1.82, 2.24) is 10.2 Å². The molecule has 0 aliphatic heterocycles. The molecule has 0 fully saturated rings. The monoisotopic (exact) mass is 685 g/mol. The molecule has 3 rings (SSSR count). The van der Waals surface area contributed by atoms with Crippen LogP contribution in [0.25, 0.3) is 0 Å². The molecule has 0 spiro atoms. The Morgan fingerprint density at radius 1 is 0.864 bits per heavy atom. The van der Waals surface area contributed by atoms with Crippen molar-refractivity contribution in [2.45, 2.75) is 37.8 Å². The third-order valence-corrected chi connectivity index (χ3v) is 9.46. The minimum Gasteiger partial charge on any atom is -0.495 e. The number of rotatable bonds is 14. The van der Waals surface area contributed by atoms with Crippen LogP contribution in [0.2, 0.25) is 15.1 Å². The van der Waals surface area contributed by atoms with Gasteiger partial charge in [-0.15, -0.1) is 0 Å². The standard InChI is InChI=1S/C30H34Cl3N3O7S/c1-6-24(30(38)34-7-2)35(17-21-22(32)9-8-10-23(21)33)29(37)18-36(25-15-19(31)11-13-26(25)41-3)44(39,40)20-12-14-27(42-4)28(16-20)43-5/h8-16,24H,6-7,17-18H2,1-5H3,(H,34,38)/t24-/m1/s1. The molecule has 0 aliphatic rings. The molecule has 3 aromatic carbocycles. The lowest BCUT2D eigenvalue weighted by Gasteiger charge is -2.33. The van der Waals surface area contributed by atoms with Gasteiger partial charge in [0.2, 0.25) is 11.8 Å². The van der Waals surface area contributed by atoms with Gasteiger partial charge in [-0.3, -0.25) is 13.9 Å². The van der Waals surface area contributed by atoms with E-state index in [0.29, 0.717) is 17.9 Å². The molecule has 1 atom stereocenters. The van der Waals surface area contributed by atoms with Gasteiger partial charge in [0.25, 0.3) is 10.0 Å². The van der Waals surface area contributed by atoms with Crippen molar-refractivity contribution in [1.29, 1.82) is 0 Å². The fourth-order valence-electron chi connectivity index (χ4n) is 4.54. The zero-order valence-electron chi connectivity index (χ0n) is 24.9. The summed E-state index contributed by atoms with van der Waals surface area (Å²) in [4.78, 5) is 28.5. The zero-order chi connectivity index (χ0) is 32.6. The van der Waals surface area contributed by atoms with E-state index in [1.807, 2.05) is 0 Å². The largest absolute Gasteiger partial charge is 0.495 e. The van der Waals surface area contributed by atoms with Crippen LogP contribution in [-0.4, -0.2) is 65.6 Å². The summed E-state index contributed by atoms with van der Waals surface area (Å²) in [6, 6.07) is 12.4. The van der Waals surface area contributed by atoms with Crippen LogP contribution in [0.3, 0.4) is 0 Å². The number of nitrogens with one attached hydrogen (secondary N) is 1. The quantitative estimate of drug-likeness (QED) is 0.228. The summed E-state index contributed by atoms with van der Waals surface area (Å²) >= 11 is 19.2. The Morgan fingerprint density at radius 3 is 2.05 bits per heavy atom. The van der Waals surface area contributed by atoms with E-state index in [9.17, 15) is 18.0 Å². The van der Waals surface area contributed by atoms with Crippen LogP contribution >= 0.6 is 34.8 Å². The first-order chi connectivity index (χ1) is 20.9. The summed E-state index contributed by atoms with van der Waals surface area (Å²) < 4.78 is 45.6. The van der Waals surface area contributed by atoms with Gasteiger partial charge in [-0.25, -0.2) is 8.42 Å². The summed E-state index contributed by atoms with van der Waals surface area (Å²) in [6.45, 7) is 2.93. The molecular formula is C30H34Cl3N3O7S. The van der Waals surface area contributed by atoms with Gasteiger partial charge >= 0.3 is 0 Å². The van der Waals surface area contributed by atoms with Crippen molar-refractivity contribution >= 4 is 62.3 Å². The fraction of sp³-hybridized carbons (Fsp3) is 0.333. The average molecular weight is 687 g/mol. The van der Waals surface area contributed by atoms with E-state index in [0.717, 1.165) is 4.31 Å². The Labute approximate surface area is 272 Å². The van der Waals surface area contributed by atoms with Gasteiger partial charge in [0.05, 0.1) is 31.9 Å². The Balaban J connectivity index is 2.21. The second-order valence-corrected chi connectivity index (χ2v) is 12.5. The lowest BCUT2D eigenvalue weighted by Crippen LogP contribution is -2.52. The molecule has 0 saturated heterocycles. The molecule has 238 valence electrons. The molecule has 1 N–H and O–H groups in total. The molecule has 2 amide bonds. The molecule has 0 unspecified atom stereocenters. The predicted molar refractivity (Wildman–Crippen MR) is 172 cm³/mol. The van der Waals surface area contributed by atoms with Crippen molar-refractivity contribution in [3.63, 3.8) is 0 Å². The van der Waals surface area contributed by atoms with E-state index >= 15 is 0 Å². The number of hydrogen-bond donors (Lipinski definition) is 1. The maximum absolute atomic E-state index is 14.3. The molecule has 14 heteroatoms. The first kappa shape index (κ1) is 35.1. The van der Waals surface area contributed by atoms with Crippen LogP contribution in [0.1, 0.15) is 25.8 Å². The molecule has 0 heterocycles. The van der Waals surface area contributed by atoms with Crippen molar-refractivity contribution in [2.75, 3.05) is 38.7 Å². The summed E-state index contributed by atoms with van der Waals surface area (Å²) in [5.41, 5.74) is 0.409. The smallest absolute Gasteiger partial charge is 0.265 e. The highest BCUT2D eigenvalue weighted by molar-refractivity contribution is 7.92. The summed E-state index contributed by atoms with van der Waals surface area (Å²) in [5, 5.41) is 3.52. The van der Waals surface area contributed by atoms with Crippen molar-refractivity contribution < 1.29 is 32.2 Å². The summed E-state index contributed by atoms with van der Waals surface area (Å²) in [7, 11) is -0.320. The number of nitrogens with zero attached hydrogens (tertiary/aromatic N) is 2. The SMILES string of the molecule is CCNC(=O)[C@@H](CC)N(Cc1c(Cl)cccc1Cl)C(=O)CN(c1cc(Cl)ccc1OC)S(=O)(=O)c1ccc(OC)c(OC)c1. The van der Waals surface area contributed by atoms with Gasteiger partial charge in [0.1, 0.15) is 18.3 Å².